The molecule has 0 unspecified atom stereocenters. The van der Waals surface area contributed by atoms with Crippen molar-refractivity contribution in [1.29, 1.82) is 0 Å². The molecular formula is C33H31NO3. The summed E-state index contributed by atoms with van der Waals surface area (Å²) in [6.07, 6.45) is 1.65. The van der Waals surface area contributed by atoms with Gasteiger partial charge in [0.25, 0.3) is 0 Å². The highest BCUT2D eigenvalue weighted by Crippen LogP contribution is 2.75. The summed E-state index contributed by atoms with van der Waals surface area (Å²) in [6, 6.07) is 27.6. The van der Waals surface area contributed by atoms with E-state index in [4.69, 9.17) is 0 Å². The summed E-state index contributed by atoms with van der Waals surface area (Å²) in [5, 5.41) is 0. The Balaban J connectivity index is 1.67. The highest BCUT2D eigenvalue weighted by atomic mass is 16.2. The number of carbonyl (C=O) groups excluding carboxylic acids is 3. The molecule has 2 bridgehead atoms. The van der Waals surface area contributed by atoms with Gasteiger partial charge in [-0.25, -0.2) is 4.90 Å². The Morgan fingerprint density at radius 1 is 0.622 bits per heavy atom. The number of nitrogens with zero attached hydrogens (tertiary/aromatic N) is 1. The first kappa shape index (κ1) is 23.6. The van der Waals surface area contributed by atoms with Gasteiger partial charge in [-0.05, 0) is 53.2 Å². The maximum absolute atomic E-state index is 14.7. The molecule has 1 aliphatic heterocycles. The smallest absolute Gasteiger partial charge is 0.239 e. The Labute approximate surface area is 218 Å². The van der Waals surface area contributed by atoms with Crippen LogP contribution in [0.5, 0.6) is 0 Å². The van der Waals surface area contributed by atoms with Crippen LogP contribution in [0.4, 0.5) is 5.69 Å². The Bertz CT molecular complexity index is 1370. The molecule has 2 aliphatic carbocycles. The van der Waals surface area contributed by atoms with E-state index in [9.17, 15) is 14.4 Å². The van der Waals surface area contributed by atoms with Crippen LogP contribution >= 0.6 is 0 Å². The topological polar surface area (TPSA) is 54.5 Å². The number of imide groups is 1. The zero-order chi connectivity index (χ0) is 25.9. The average Bonchev–Trinajstić information content (AvgIpc) is 3.45. The number of carbonyl (C=O) groups is 3. The summed E-state index contributed by atoms with van der Waals surface area (Å²) < 4.78 is 0. The van der Waals surface area contributed by atoms with Gasteiger partial charge in [0.2, 0.25) is 11.8 Å². The molecule has 1 saturated heterocycles. The summed E-state index contributed by atoms with van der Waals surface area (Å²) in [4.78, 5) is 44.9. The summed E-state index contributed by atoms with van der Waals surface area (Å²) in [7, 11) is 0. The quantitative estimate of drug-likeness (QED) is 0.379. The monoisotopic (exact) mass is 489 g/mol. The highest BCUT2D eigenvalue weighted by Gasteiger charge is 2.80. The van der Waals surface area contributed by atoms with Gasteiger partial charge in [-0.2, -0.15) is 0 Å². The predicted molar refractivity (Wildman–Crippen MR) is 145 cm³/mol. The van der Waals surface area contributed by atoms with Crippen molar-refractivity contribution in [3.8, 4) is 0 Å². The summed E-state index contributed by atoms with van der Waals surface area (Å²) in [6.45, 7) is 6.03. The second-order valence-electron chi connectivity index (χ2n) is 10.4. The maximum atomic E-state index is 14.7. The third-order valence-corrected chi connectivity index (χ3v) is 9.17. The molecule has 1 heterocycles. The van der Waals surface area contributed by atoms with Crippen molar-refractivity contribution in [1.82, 2.24) is 0 Å². The molecule has 6 rings (SSSR count). The molecule has 3 aliphatic rings. The number of para-hydroxylation sites is 1. The normalized spacial score (nSPS) is 28.4. The molecule has 0 spiro atoms. The van der Waals surface area contributed by atoms with E-state index in [1.54, 1.807) is 0 Å². The van der Waals surface area contributed by atoms with Crippen LogP contribution < -0.4 is 4.90 Å². The van der Waals surface area contributed by atoms with E-state index in [0.717, 1.165) is 27.8 Å². The van der Waals surface area contributed by atoms with Crippen molar-refractivity contribution < 1.29 is 14.4 Å². The van der Waals surface area contributed by atoms with Crippen molar-refractivity contribution in [2.24, 2.45) is 22.7 Å². The molecule has 4 atom stereocenters. The predicted octanol–water partition coefficient (Wildman–Crippen LogP) is 6.35. The molecule has 2 amide bonds. The van der Waals surface area contributed by atoms with E-state index in [-0.39, 0.29) is 17.6 Å². The van der Waals surface area contributed by atoms with E-state index >= 15 is 0 Å². The van der Waals surface area contributed by atoms with Gasteiger partial charge >= 0.3 is 0 Å². The van der Waals surface area contributed by atoms with Crippen LogP contribution in [0, 0.1) is 22.7 Å². The van der Waals surface area contributed by atoms with Crippen molar-refractivity contribution in [3.63, 3.8) is 0 Å². The average molecular weight is 490 g/mol. The lowest BCUT2D eigenvalue weighted by Gasteiger charge is -2.38. The van der Waals surface area contributed by atoms with Gasteiger partial charge in [-0.1, -0.05) is 99.6 Å². The number of hydrogen-bond donors (Lipinski definition) is 0. The fourth-order valence-electron chi connectivity index (χ4n) is 7.72. The van der Waals surface area contributed by atoms with Gasteiger partial charge in [-0.3, -0.25) is 14.4 Å². The van der Waals surface area contributed by atoms with Gasteiger partial charge in [0.15, 0.2) is 5.78 Å². The first-order valence-corrected chi connectivity index (χ1v) is 13.4. The van der Waals surface area contributed by atoms with Gasteiger partial charge in [0.1, 0.15) is 0 Å². The Morgan fingerprint density at radius 2 is 1.05 bits per heavy atom. The fourth-order valence-corrected chi connectivity index (χ4v) is 7.72. The molecule has 4 nitrogen and oxygen atoms in total. The molecule has 3 aromatic carbocycles. The molecule has 0 N–H and O–H groups in total. The number of hydrogen-bond acceptors (Lipinski definition) is 3. The number of allylic oxidation sites excluding steroid dienone is 2. The molecule has 186 valence electrons. The van der Waals surface area contributed by atoms with Gasteiger partial charge in [-0.15, -0.1) is 0 Å². The van der Waals surface area contributed by atoms with Crippen LogP contribution in [-0.4, -0.2) is 17.6 Å². The van der Waals surface area contributed by atoms with E-state index < -0.39 is 22.7 Å². The minimum absolute atomic E-state index is 0.0443. The van der Waals surface area contributed by atoms with E-state index in [2.05, 4.69) is 0 Å². The number of anilines is 1. The van der Waals surface area contributed by atoms with Crippen LogP contribution in [0.3, 0.4) is 0 Å². The third-order valence-electron chi connectivity index (χ3n) is 9.17. The molecule has 2 fully saturated rings. The minimum Gasteiger partial charge on any atom is -0.298 e. The largest absolute Gasteiger partial charge is 0.298 e. The number of fused-ring (bicyclic) bond motifs is 5. The molecule has 0 aromatic heterocycles. The van der Waals surface area contributed by atoms with Crippen molar-refractivity contribution in [2.75, 3.05) is 4.90 Å². The van der Waals surface area contributed by atoms with Crippen LogP contribution in [0.25, 0.3) is 11.1 Å². The number of benzene rings is 3. The third kappa shape index (κ3) is 2.76. The second-order valence-corrected chi connectivity index (χ2v) is 10.4. The standard InChI is InChI=1S/C33H31NO3/c1-4-21-15-13-14-20-24(21)34-29(35)27-28(30(34)36)33(6-3)26(23-18-11-8-12-19-23)25(22-16-9-7-10-17-22)32(27,5-2)31(33)37/h7-20,27-28H,4-6H2,1-3H3/t27-,28-,32+,33+/m1/s1. The van der Waals surface area contributed by atoms with Crippen LogP contribution in [0.1, 0.15) is 50.3 Å². The van der Waals surface area contributed by atoms with E-state index in [0.29, 0.717) is 24.9 Å². The van der Waals surface area contributed by atoms with Gasteiger partial charge < -0.3 is 0 Å². The number of aryl methyl sites for hydroxylation is 1. The molecule has 37 heavy (non-hydrogen) atoms. The summed E-state index contributed by atoms with van der Waals surface area (Å²) >= 11 is 0. The Hall–Kier alpha value is -3.79. The van der Waals surface area contributed by atoms with E-state index in [1.807, 2.05) is 106 Å². The molecule has 0 radical (unpaired) electrons. The number of Topliss-reactive ketones (excluding diaryl/α,β-unsaturated/α-hetero) is 1. The lowest BCUT2D eigenvalue weighted by atomic mass is 9.60. The number of rotatable bonds is 6. The van der Waals surface area contributed by atoms with Crippen molar-refractivity contribution >= 4 is 34.4 Å². The number of amides is 2. The molecular weight excluding hydrogens is 458 g/mol. The van der Waals surface area contributed by atoms with E-state index in [1.165, 1.54) is 4.90 Å². The number of ketones is 1. The zero-order valence-electron chi connectivity index (χ0n) is 21.5. The van der Waals surface area contributed by atoms with Crippen LogP contribution in [0.15, 0.2) is 84.9 Å². The highest BCUT2D eigenvalue weighted by molar-refractivity contribution is 6.34. The first-order chi connectivity index (χ1) is 18.0. The second kappa shape index (κ2) is 8.37. The minimum atomic E-state index is -1.05. The van der Waals surface area contributed by atoms with Gasteiger partial charge in [0.05, 0.1) is 28.4 Å². The Kier molecular flexibility index (Phi) is 5.34. The molecule has 4 heteroatoms. The summed E-state index contributed by atoms with van der Waals surface area (Å²) in [5.41, 5.74) is 3.30. The fraction of sp³-hybridized carbons (Fsp3) is 0.303. The van der Waals surface area contributed by atoms with Gasteiger partial charge in [0, 0.05) is 0 Å². The van der Waals surface area contributed by atoms with Crippen molar-refractivity contribution in [2.45, 2.75) is 40.0 Å². The first-order valence-electron chi connectivity index (χ1n) is 13.4. The lowest BCUT2D eigenvalue weighted by Crippen LogP contribution is -2.42. The Morgan fingerprint density at radius 3 is 1.49 bits per heavy atom. The SMILES string of the molecule is CCc1ccccc1N1C(=O)[C@H]2[C@H](C1=O)[C@@]1(CC)C(=O)[C@@]2(CC)C(c2ccccc2)=C1c1ccccc1. The van der Waals surface area contributed by atoms with Crippen LogP contribution in [0.2, 0.25) is 0 Å². The molecule has 3 aromatic rings. The maximum Gasteiger partial charge on any atom is 0.239 e. The summed E-state index contributed by atoms with van der Waals surface area (Å²) in [5.74, 6) is -1.83. The van der Waals surface area contributed by atoms with Crippen LogP contribution in [-0.2, 0) is 20.8 Å². The lowest BCUT2D eigenvalue weighted by molar-refractivity contribution is -0.134. The van der Waals surface area contributed by atoms with Crippen molar-refractivity contribution in [3.05, 3.63) is 102 Å². The molecule has 1 saturated carbocycles. The zero-order valence-corrected chi connectivity index (χ0v) is 21.5.